The largest absolute Gasteiger partial charge is 0.380 e. The summed E-state index contributed by atoms with van der Waals surface area (Å²) in [6.45, 7) is 6.67. The van der Waals surface area contributed by atoms with E-state index in [-0.39, 0.29) is 0 Å². The Morgan fingerprint density at radius 2 is 2.37 bits per heavy atom. The van der Waals surface area contributed by atoms with Gasteiger partial charge in [0.05, 0.1) is 6.61 Å². The van der Waals surface area contributed by atoms with Crippen LogP contribution in [0.15, 0.2) is 30.0 Å². The number of rotatable bonds is 6. The van der Waals surface area contributed by atoms with Crippen molar-refractivity contribution in [2.75, 3.05) is 38.3 Å². The molecule has 1 aliphatic heterocycles. The Balaban J connectivity index is 2.06. The van der Waals surface area contributed by atoms with Crippen LogP contribution in [0.1, 0.15) is 18.9 Å². The van der Waals surface area contributed by atoms with E-state index >= 15 is 0 Å². The van der Waals surface area contributed by atoms with Gasteiger partial charge in [-0.25, -0.2) is 4.98 Å². The molecule has 4 heteroatoms. The molecular formula is C15H23N3O. The van der Waals surface area contributed by atoms with Gasteiger partial charge in [0.25, 0.3) is 0 Å². The highest BCUT2D eigenvalue weighted by Crippen LogP contribution is 2.21. The topological polar surface area (TPSA) is 37.4 Å². The van der Waals surface area contributed by atoms with Gasteiger partial charge in [0, 0.05) is 38.5 Å². The van der Waals surface area contributed by atoms with Crippen molar-refractivity contribution in [1.82, 2.24) is 10.3 Å². The summed E-state index contributed by atoms with van der Waals surface area (Å²) >= 11 is 0. The van der Waals surface area contributed by atoms with Crippen LogP contribution in [0.3, 0.4) is 0 Å². The number of aromatic nitrogens is 1. The van der Waals surface area contributed by atoms with Crippen LogP contribution in [-0.2, 0) is 11.3 Å². The first kappa shape index (κ1) is 14.0. The Kier molecular flexibility index (Phi) is 5.36. The fourth-order valence-electron chi connectivity index (χ4n) is 2.33. The minimum atomic E-state index is 0.750. The zero-order valence-corrected chi connectivity index (χ0v) is 11.9. The first-order valence-electron chi connectivity index (χ1n) is 6.91. The predicted octanol–water partition coefficient (Wildman–Crippen LogP) is 1.97. The third-order valence-corrected chi connectivity index (χ3v) is 3.37. The van der Waals surface area contributed by atoms with Gasteiger partial charge in [-0.2, -0.15) is 0 Å². The third kappa shape index (κ3) is 3.78. The smallest absolute Gasteiger partial charge is 0.133 e. The molecule has 2 rings (SSSR count). The van der Waals surface area contributed by atoms with E-state index in [1.165, 1.54) is 11.1 Å². The normalized spacial score (nSPS) is 15.5. The van der Waals surface area contributed by atoms with Gasteiger partial charge < -0.3 is 15.0 Å². The molecular weight excluding hydrogens is 238 g/mol. The van der Waals surface area contributed by atoms with Crippen LogP contribution < -0.4 is 10.2 Å². The number of nitrogens with zero attached hydrogens (tertiary/aromatic N) is 2. The maximum atomic E-state index is 5.19. The van der Waals surface area contributed by atoms with Crippen LogP contribution in [0.2, 0.25) is 0 Å². The molecule has 19 heavy (non-hydrogen) atoms. The molecule has 1 aromatic heterocycles. The summed E-state index contributed by atoms with van der Waals surface area (Å²) in [5, 5.41) is 3.37. The van der Waals surface area contributed by atoms with Crippen LogP contribution in [0.4, 0.5) is 5.82 Å². The third-order valence-electron chi connectivity index (χ3n) is 3.37. The van der Waals surface area contributed by atoms with Gasteiger partial charge in [0.1, 0.15) is 5.82 Å². The summed E-state index contributed by atoms with van der Waals surface area (Å²) in [7, 11) is 1.75. The molecule has 1 aliphatic rings. The number of ether oxygens (including phenoxy) is 1. The lowest BCUT2D eigenvalue weighted by Crippen LogP contribution is -2.31. The van der Waals surface area contributed by atoms with Gasteiger partial charge in [-0.1, -0.05) is 19.1 Å². The Labute approximate surface area is 115 Å². The van der Waals surface area contributed by atoms with Crippen molar-refractivity contribution in [2.24, 2.45) is 0 Å². The first-order chi connectivity index (χ1) is 9.35. The summed E-state index contributed by atoms with van der Waals surface area (Å²) in [5.74, 6) is 1.11. The summed E-state index contributed by atoms with van der Waals surface area (Å²) in [4.78, 5) is 6.89. The Hall–Kier alpha value is -1.39. The highest BCUT2D eigenvalue weighted by Gasteiger charge is 2.15. The number of methoxy groups -OCH3 is 1. The lowest BCUT2D eigenvalue weighted by Gasteiger charge is -2.29. The maximum absolute atomic E-state index is 5.19. The number of hydrogen-bond donors (Lipinski definition) is 1. The average molecular weight is 261 g/mol. The van der Waals surface area contributed by atoms with E-state index in [0.717, 1.165) is 45.0 Å². The molecule has 1 aromatic rings. The van der Waals surface area contributed by atoms with Crippen LogP contribution in [0, 0.1) is 0 Å². The van der Waals surface area contributed by atoms with Gasteiger partial charge in [0.15, 0.2) is 0 Å². The summed E-state index contributed by atoms with van der Waals surface area (Å²) < 4.78 is 5.19. The van der Waals surface area contributed by atoms with E-state index in [1.54, 1.807) is 7.11 Å². The second-order valence-corrected chi connectivity index (χ2v) is 4.76. The maximum Gasteiger partial charge on any atom is 0.133 e. The van der Waals surface area contributed by atoms with E-state index in [1.807, 2.05) is 12.3 Å². The highest BCUT2D eigenvalue weighted by atomic mass is 16.5. The zero-order chi connectivity index (χ0) is 13.5. The van der Waals surface area contributed by atoms with Crippen LogP contribution in [-0.4, -0.2) is 38.3 Å². The van der Waals surface area contributed by atoms with E-state index in [0.29, 0.717) is 0 Å². The molecule has 104 valence electrons. The van der Waals surface area contributed by atoms with E-state index in [4.69, 9.17) is 4.74 Å². The van der Waals surface area contributed by atoms with Gasteiger partial charge >= 0.3 is 0 Å². The van der Waals surface area contributed by atoms with Crippen LogP contribution in [0.25, 0.3) is 0 Å². The molecule has 0 amide bonds. The molecule has 1 N–H and O–H groups in total. The minimum absolute atomic E-state index is 0.750. The molecule has 0 spiro atoms. The van der Waals surface area contributed by atoms with Crippen molar-refractivity contribution >= 4 is 5.82 Å². The van der Waals surface area contributed by atoms with E-state index < -0.39 is 0 Å². The highest BCUT2D eigenvalue weighted by molar-refractivity contribution is 5.48. The van der Waals surface area contributed by atoms with Crippen LogP contribution >= 0.6 is 0 Å². The fraction of sp³-hybridized carbons (Fsp3) is 0.533. The van der Waals surface area contributed by atoms with Crippen molar-refractivity contribution in [2.45, 2.75) is 19.9 Å². The second kappa shape index (κ2) is 7.26. The zero-order valence-electron chi connectivity index (χ0n) is 11.9. The van der Waals surface area contributed by atoms with E-state index in [2.05, 4.69) is 34.3 Å². The predicted molar refractivity (Wildman–Crippen MR) is 78.4 cm³/mol. The standard InChI is InChI=1S/C15H23N3O/c1-3-16-11-14-5-4-8-17-15(14)18-9-6-13(7-10-18)12-19-2/h4-6,8,16H,3,7,9-12H2,1-2H3. The van der Waals surface area contributed by atoms with Crippen molar-refractivity contribution < 1.29 is 4.74 Å². The lowest BCUT2D eigenvalue weighted by atomic mass is 10.1. The number of hydrogen-bond acceptors (Lipinski definition) is 4. The van der Waals surface area contributed by atoms with Crippen molar-refractivity contribution in [3.63, 3.8) is 0 Å². The molecule has 2 heterocycles. The Morgan fingerprint density at radius 3 is 3.05 bits per heavy atom. The molecule has 0 saturated carbocycles. The summed E-state index contributed by atoms with van der Waals surface area (Å²) in [6.07, 6.45) is 5.20. The van der Waals surface area contributed by atoms with Gasteiger partial charge in [-0.3, -0.25) is 0 Å². The molecule has 0 fully saturated rings. The van der Waals surface area contributed by atoms with Crippen molar-refractivity contribution in [1.29, 1.82) is 0 Å². The quantitative estimate of drug-likeness (QED) is 0.795. The monoisotopic (exact) mass is 261 g/mol. The fourth-order valence-corrected chi connectivity index (χ4v) is 2.33. The molecule has 0 unspecified atom stereocenters. The molecule has 0 aromatic carbocycles. The SMILES string of the molecule is CCNCc1cccnc1N1CC=C(COC)CC1. The lowest BCUT2D eigenvalue weighted by molar-refractivity contribution is 0.222. The number of pyridine rings is 1. The van der Waals surface area contributed by atoms with Crippen molar-refractivity contribution in [3.8, 4) is 0 Å². The average Bonchev–Trinajstić information content (AvgIpc) is 2.47. The van der Waals surface area contributed by atoms with Gasteiger partial charge in [0.2, 0.25) is 0 Å². The number of nitrogens with one attached hydrogen (secondary N) is 1. The van der Waals surface area contributed by atoms with E-state index in [9.17, 15) is 0 Å². The van der Waals surface area contributed by atoms with Gasteiger partial charge in [-0.15, -0.1) is 0 Å². The van der Waals surface area contributed by atoms with Crippen LogP contribution in [0.5, 0.6) is 0 Å². The Morgan fingerprint density at radius 1 is 1.47 bits per heavy atom. The van der Waals surface area contributed by atoms with Crippen molar-refractivity contribution in [3.05, 3.63) is 35.5 Å². The number of anilines is 1. The van der Waals surface area contributed by atoms with Gasteiger partial charge in [-0.05, 0) is 24.6 Å². The molecule has 0 saturated heterocycles. The molecule has 0 atom stereocenters. The summed E-state index contributed by atoms with van der Waals surface area (Å²) in [6, 6.07) is 4.16. The molecule has 0 bridgehead atoms. The second-order valence-electron chi connectivity index (χ2n) is 4.76. The molecule has 0 aliphatic carbocycles. The Bertz CT molecular complexity index is 431. The first-order valence-corrected chi connectivity index (χ1v) is 6.91. The molecule has 0 radical (unpaired) electrons. The minimum Gasteiger partial charge on any atom is -0.380 e. The molecule has 4 nitrogen and oxygen atoms in total. The summed E-state index contributed by atoms with van der Waals surface area (Å²) in [5.41, 5.74) is 2.66.